The second-order valence-electron chi connectivity index (χ2n) is 9.27. The maximum absolute atomic E-state index is 12.7. The molecule has 176 valence electrons. The molecule has 0 aliphatic carbocycles. The SMILES string of the molecule is CCNC(=NCc1ncc(C(C)(C)C)o1)N1CCN(C(C)C(=O)N2CCCC2)CC1.I. The Bertz CT molecular complexity index is 731. The maximum atomic E-state index is 12.7. The fourth-order valence-corrected chi connectivity index (χ4v) is 3.98. The van der Waals surface area contributed by atoms with E-state index in [0.29, 0.717) is 12.4 Å². The summed E-state index contributed by atoms with van der Waals surface area (Å²) in [7, 11) is 0. The highest BCUT2D eigenvalue weighted by Crippen LogP contribution is 2.23. The molecular formula is C22H39IN6O2. The Kier molecular flexibility index (Phi) is 9.60. The molecule has 2 aliphatic rings. The van der Waals surface area contributed by atoms with Gasteiger partial charge in [0.2, 0.25) is 11.8 Å². The van der Waals surface area contributed by atoms with Crippen molar-refractivity contribution in [1.29, 1.82) is 0 Å². The van der Waals surface area contributed by atoms with Crippen LogP contribution in [0.4, 0.5) is 0 Å². The van der Waals surface area contributed by atoms with Gasteiger partial charge in [0.1, 0.15) is 12.3 Å². The van der Waals surface area contributed by atoms with E-state index in [4.69, 9.17) is 9.41 Å². The van der Waals surface area contributed by atoms with Gasteiger partial charge >= 0.3 is 0 Å². The van der Waals surface area contributed by atoms with Gasteiger partial charge in [-0.15, -0.1) is 24.0 Å². The summed E-state index contributed by atoms with van der Waals surface area (Å²) in [6, 6.07) is -0.0482. The number of piperazine rings is 1. The molecule has 2 aliphatic heterocycles. The van der Waals surface area contributed by atoms with Crippen LogP contribution < -0.4 is 5.32 Å². The minimum absolute atomic E-state index is 0. The number of nitrogens with zero attached hydrogens (tertiary/aromatic N) is 5. The van der Waals surface area contributed by atoms with E-state index in [9.17, 15) is 4.79 Å². The van der Waals surface area contributed by atoms with Crippen LogP contribution in [0, 0.1) is 0 Å². The number of carbonyl (C=O) groups excluding carboxylic acids is 1. The van der Waals surface area contributed by atoms with Crippen molar-refractivity contribution in [1.82, 2.24) is 25.0 Å². The average Bonchev–Trinajstić information content (AvgIpc) is 3.42. The molecule has 2 fully saturated rings. The number of amides is 1. The van der Waals surface area contributed by atoms with Crippen molar-refractivity contribution in [2.45, 2.75) is 65.5 Å². The summed E-state index contributed by atoms with van der Waals surface area (Å²) in [5, 5.41) is 3.38. The lowest BCUT2D eigenvalue weighted by Gasteiger charge is -2.39. The largest absolute Gasteiger partial charge is 0.443 e. The Balaban J connectivity index is 0.00000341. The number of likely N-dealkylation sites (tertiary alicyclic amines) is 1. The lowest BCUT2D eigenvalue weighted by atomic mass is 9.94. The van der Waals surface area contributed by atoms with Crippen LogP contribution in [0.5, 0.6) is 0 Å². The van der Waals surface area contributed by atoms with Gasteiger partial charge in [-0.25, -0.2) is 9.98 Å². The third kappa shape index (κ3) is 6.81. The van der Waals surface area contributed by atoms with Gasteiger partial charge in [-0.3, -0.25) is 9.69 Å². The molecule has 0 radical (unpaired) electrons. The zero-order chi connectivity index (χ0) is 21.7. The van der Waals surface area contributed by atoms with Crippen molar-refractivity contribution in [3.8, 4) is 0 Å². The number of nitrogens with one attached hydrogen (secondary N) is 1. The molecule has 0 spiro atoms. The number of aliphatic imine (C=N–C) groups is 1. The predicted octanol–water partition coefficient (Wildman–Crippen LogP) is 2.68. The molecule has 1 N–H and O–H groups in total. The van der Waals surface area contributed by atoms with Gasteiger partial charge < -0.3 is 19.5 Å². The first-order valence-electron chi connectivity index (χ1n) is 11.3. The van der Waals surface area contributed by atoms with Gasteiger partial charge in [0.15, 0.2) is 5.96 Å². The lowest BCUT2D eigenvalue weighted by Crippen LogP contribution is -2.57. The summed E-state index contributed by atoms with van der Waals surface area (Å²) >= 11 is 0. The molecule has 0 aromatic carbocycles. The van der Waals surface area contributed by atoms with E-state index in [1.165, 1.54) is 0 Å². The number of guanidine groups is 1. The number of hydrogen-bond acceptors (Lipinski definition) is 5. The van der Waals surface area contributed by atoms with Crippen molar-refractivity contribution in [2.75, 3.05) is 45.8 Å². The van der Waals surface area contributed by atoms with Gasteiger partial charge in [0, 0.05) is 51.2 Å². The highest BCUT2D eigenvalue weighted by atomic mass is 127. The Labute approximate surface area is 203 Å². The lowest BCUT2D eigenvalue weighted by molar-refractivity contribution is -0.135. The van der Waals surface area contributed by atoms with Crippen LogP contribution in [0.25, 0.3) is 0 Å². The van der Waals surface area contributed by atoms with Crippen LogP contribution >= 0.6 is 24.0 Å². The first-order chi connectivity index (χ1) is 14.3. The van der Waals surface area contributed by atoms with E-state index in [1.807, 2.05) is 11.8 Å². The third-order valence-corrected chi connectivity index (χ3v) is 5.93. The highest BCUT2D eigenvalue weighted by molar-refractivity contribution is 14.0. The van der Waals surface area contributed by atoms with Crippen molar-refractivity contribution in [2.24, 2.45) is 4.99 Å². The molecule has 1 amide bonds. The Hall–Kier alpha value is -1.36. The van der Waals surface area contributed by atoms with Gasteiger partial charge in [0.25, 0.3) is 0 Å². The predicted molar refractivity (Wildman–Crippen MR) is 134 cm³/mol. The first kappa shape index (κ1) is 25.9. The smallest absolute Gasteiger partial charge is 0.239 e. The normalized spacial score (nSPS) is 19.3. The Morgan fingerprint density at radius 1 is 1.16 bits per heavy atom. The molecule has 3 rings (SSSR count). The van der Waals surface area contributed by atoms with Crippen LogP contribution in [0.3, 0.4) is 0 Å². The molecular weight excluding hydrogens is 507 g/mol. The summed E-state index contributed by atoms with van der Waals surface area (Å²) in [6.45, 7) is 16.9. The Morgan fingerprint density at radius 3 is 2.35 bits per heavy atom. The van der Waals surface area contributed by atoms with Crippen LogP contribution in [0.2, 0.25) is 0 Å². The number of aromatic nitrogens is 1. The Morgan fingerprint density at radius 2 is 1.81 bits per heavy atom. The average molecular weight is 546 g/mol. The van der Waals surface area contributed by atoms with Crippen molar-refractivity contribution in [3.63, 3.8) is 0 Å². The van der Waals surface area contributed by atoms with Crippen LogP contribution in [-0.4, -0.2) is 83.4 Å². The molecule has 1 atom stereocenters. The third-order valence-electron chi connectivity index (χ3n) is 5.93. The van der Waals surface area contributed by atoms with E-state index in [1.54, 1.807) is 6.20 Å². The summed E-state index contributed by atoms with van der Waals surface area (Å²) in [5.41, 5.74) is -0.0566. The fourth-order valence-electron chi connectivity index (χ4n) is 3.98. The van der Waals surface area contributed by atoms with Crippen LogP contribution in [-0.2, 0) is 16.8 Å². The quantitative estimate of drug-likeness (QED) is 0.348. The number of halogens is 1. The molecule has 3 heterocycles. The molecule has 1 unspecified atom stereocenters. The van der Waals surface area contributed by atoms with Gasteiger partial charge in [-0.2, -0.15) is 0 Å². The zero-order valence-corrected chi connectivity index (χ0v) is 22.0. The van der Waals surface area contributed by atoms with E-state index in [0.717, 1.165) is 70.4 Å². The van der Waals surface area contributed by atoms with Crippen molar-refractivity contribution in [3.05, 3.63) is 17.8 Å². The molecule has 2 saturated heterocycles. The number of rotatable bonds is 5. The second kappa shape index (κ2) is 11.5. The summed E-state index contributed by atoms with van der Waals surface area (Å²) in [4.78, 5) is 28.4. The molecule has 8 nitrogen and oxygen atoms in total. The molecule has 0 bridgehead atoms. The molecule has 0 saturated carbocycles. The van der Waals surface area contributed by atoms with Crippen LogP contribution in [0.15, 0.2) is 15.6 Å². The second-order valence-corrected chi connectivity index (χ2v) is 9.27. The minimum Gasteiger partial charge on any atom is -0.443 e. The van der Waals surface area contributed by atoms with Crippen molar-refractivity contribution >= 4 is 35.8 Å². The van der Waals surface area contributed by atoms with Gasteiger partial charge in [0.05, 0.1) is 12.2 Å². The van der Waals surface area contributed by atoms with E-state index in [2.05, 4.69) is 47.8 Å². The zero-order valence-electron chi connectivity index (χ0n) is 19.7. The highest BCUT2D eigenvalue weighted by Gasteiger charge is 2.30. The molecule has 9 heteroatoms. The first-order valence-corrected chi connectivity index (χ1v) is 11.3. The van der Waals surface area contributed by atoms with Crippen LogP contribution in [0.1, 0.15) is 59.1 Å². The minimum atomic E-state index is -0.0566. The maximum Gasteiger partial charge on any atom is 0.239 e. The van der Waals surface area contributed by atoms with E-state index in [-0.39, 0.29) is 41.3 Å². The van der Waals surface area contributed by atoms with Crippen molar-refractivity contribution < 1.29 is 9.21 Å². The number of hydrogen-bond donors (Lipinski definition) is 1. The molecule has 1 aromatic heterocycles. The standard InChI is InChI=1S/C22H38N6O2.HI/c1-6-23-21(25-16-19-24-15-18(30-19)22(3,4)5)28-13-11-26(12-14-28)17(2)20(29)27-9-7-8-10-27;/h15,17H,6-14,16H2,1-5H3,(H,23,25);1H. The topological polar surface area (TPSA) is 77.2 Å². The summed E-state index contributed by atoms with van der Waals surface area (Å²) in [6.07, 6.45) is 4.07. The number of oxazole rings is 1. The van der Waals surface area contributed by atoms with Gasteiger partial charge in [-0.1, -0.05) is 20.8 Å². The van der Waals surface area contributed by atoms with Gasteiger partial charge in [-0.05, 0) is 26.7 Å². The van der Waals surface area contributed by atoms with E-state index >= 15 is 0 Å². The summed E-state index contributed by atoms with van der Waals surface area (Å²) in [5.74, 6) is 2.67. The number of carbonyl (C=O) groups is 1. The molecule has 31 heavy (non-hydrogen) atoms. The summed E-state index contributed by atoms with van der Waals surface area (Å²) < 4.78 is 5.87. The molecule has 1 aromatic rings. The fraction of sp³-hybridized carbons (Fsp3) is 0.773. The monoisotopic (exact) mass is 546 g/mol. The van der Waals surface area contributed by atoms with E-state index < -0.39 is 0 Å².